The molecule has 182 valence electrons. The van der Waals surface area contributed by atoms with Crippen LogP contribution in [0.2, 0.25) is 30.7 Å². The number of benzene rings is 1. The molecule has 7 nitrogen and oxygen atoms in total. The maximum Gasteiger partial charge on any atom is 0.225 e. The molecule has 0 fully saturated rings. The van der Waals surface area contributed by atoms with Crippen molar-refractivity contribution in [1.82, 2.24) is 20.0 Å². The second-order valence-electron chi connectivity index (χ2n) is 9.12. The van der Waals surface area contributed by atoms with Gasteiger partial charge >= 0.3 is 0 Å². The van der Waals surface area contributed by atoms with Gasteiger partial charge in [-0.05, 0) is 35.7 Å². The Morgan fingerprint density at radius 3 is 2.71 bits per heavy atom. The summed E-state index contributed by atoms with van der Waals surface area (Å²) in [5, 5.41) is 16.1. The fourth-order valence-corrected chi connectivity index (χ4v) is 4.44. The van der Waals surface area contributed by atoms with Gasteiger partial charge in [0.25, 0.3) is 0 Å². The van der Waals surface area contributed by atoms with Crippen LogP contribution in [0, 0.1) is 5.82 Å². The molecule has 0 spiro atoms. The Labute approximate surface area is 213 Å². The van der Waals surface area contributed by atoms with Gasteiger partial charge in [-0.3, -0.25) is 4.79 Å². The van der Waals surface area contributed by atoms with E-state index in [-0.39, 0.29) is 24.1 Å². The van der Waals surface area contributed by atoms with E-state index in [1.807, 2.05) is 0 Å². The molecular weight excluding hydrogens is 541 g/mol. The summed E-state index contributed by atoms with van der Waals surface area (Å²) in [7, 11) is -1.23. The lowest BCUT2D eigenvalue weighted by Crippen LogP contribution is -2.22. The van der Waals surface area contributed by atoms with Crippen LogP contribution < -0.4 is 5.32 Å². The number of hydrogen-bond donors (Lipinski definition) is 1. The Morgan fingerprint density at radius 1 is 1.24 bits per heavy atom. The molecule has 0 bridgehead atoms. The third kappa shape index (κ3) is 7.69. The first-order valence-electron chi connectivity index (χ1n) is 10.9. The summed E-state index contributed by atoms with van der Waals surface area (Å²) >= 11 is 9.20. The highest BCUT2D eigenvalue weighted by Gasteiger charge is 2.17. The molecule has 3 rings (SSSR count). The van der Waals surface area contributed by atoms with E-state index in [0.717, 1.165) is 17.2 Å². The third-order valence-electron chi connectivity index (χ3n) is 5.12. The number of nitrogens with zero attached hydrogens (tertiary/aromatic N) is 4. The van der Waals surface area contributed by atoms with Gasteiger partial charge in [0.2, 0.25) is 5.91 Å². The molecule has 0 unspecified atom stereocenters. The molecule has 11 heteroatoms. The number of nitrogens with one attached hydrogen (secondary N) is 1. The second-order valence-corrected chi connectivity index (χ2v) is 15.7. The second kappa shape index (κ2) is 12.0. The number of amides is 1. The van der Waals surface area contributed by atoms with Crippen molar-refractivity contribution < 1.29 is 13.9 Å². The molecule has 0 saturated carbocycles. The first kappa shape index (κ1) is 26.5. The average molecular weight is 569 g/mol. The zero-order valence-corrected chi connectivity index (χ0v) is 22.8. The van der Waals surface area contributed by atoms with Gasteiger partial charge < -0.3 is 10.1 Å². The summed E-state index contributed by atoms with van der Waals surface area (Å²) in [6.45, 7) is 7.71. The van der Waals surface area contributed by atoms with E-state index in [0.29, 0.717) is 35.4 Å². The predicted molar refractivity (Wildman–Crippen MR) is 138 cm³/mol. The third-order valence-corrected chi connectivity index (χ3v) is 7.73. The highest BCUT2D eigenvalue weighted by atomic mass is 79.9. The van der Waals surface area contributed by atoms with Crippen LogP contribution in [-0.4, -0.2) is 40.6 Å². The number of aromatic nitrogens is 4. The molecule has 34 heavy (non-hydrogen) atoms. The first-order valence-corrected chi connectivity index (χ1v) is 16.1. The summed E-state index contributed by atoms with van der Waals surface area (Å²) in [6, 6.07) is 7.38. The Morgan fingerprint density at radius 2 is 2.00 bits per heavy atom. The number of halogens is 3. The summed E-state index contributed by atoms with van der Waals surface area (Å²) in [5.41, 5.74) is 3.11. The number of anilines is 1. The van der Waals surface area contributed by atoms with Crippen LogP contribution in [0.15, 0.2) is 36.7 Å². The topological polar surface area (TPSA) is 81.9 Å². The van der Waals surface area contributed by atoms with Gasteiger partial charge in [-0.1, -0.05) is 53.2 Å². The van der Waals surface area contributed by atoms with Gasteiger partial charge in [-0.2, -0.15) is 15.3 Å². The number of carbonyl (C=O) groups is 1. The Hall–Kier alpha value is -2.14. The van der Waals surface area contributed by atoms with Crippen LogP contribution >= 0.6 is 27.5 Å². The number of aryl methyl sites for hydroxylation is 1. The fraction of sp³-hybridized carbons (Fsp3) is 0.391. The molecule has 2 aromatic heterocycles. The molecule has 0 saturated heterocycles. The zero-order valence-electron chi connectivity index (χ0n) is 19.4. The molecule has 0 aliphatic rings. The van der Waals surface area contributed by atoms with Crippen molar-refractivity contribution in [2.75, 3.05) is 11.9 Å². The van der Waals surface area contributed by atoms with Crippen molar-refractivity contribution in [3.8, 4) is 11.3 Å². The van der Waals surface area contributed by atoms with E-state index in [1.54, 1.807) is 29.2 Å². The van der Waals surface area contributed by atoms with Crippen molar-refractivity contribution in [2.45, 2.75) is 50.6 Å². The number of carbonyl (C=O) groups excluding carboxylic acids is 1. The zero-order chi connectivity index (χ0) is 24.7. The predicted octanol–water partition coefficient (Wildman–Crippen LogP) is 5.91. The Balaban J connectivity index is 1.74. The van der Waals surface area contributed by atoms with Crippen LogP contribution in [0.5, 0.6) is 0 Å². The number of alkyl halides is 1. The van der Waals surface area contributed by atoms with E-state index >= 15 is 0 Å². The summed E-state index contributed by atoms with van der Waals surface area (Å²) < 4.78 is 21.2. The van der Waals surface area contributed by atoms with E-state index < -0.39 is 13.9 Å². The molecule has 1 amide bonds. The van der Waals surface area contributed by atoms with Gasteiger partial charge in [0.05, 0.1) is 23.1 Å². The van der Waals surface area contributed by atoms with Crippen molar-refractivity contribution in [3.63, 3.8) is 0 Å². The largest absolute Gasteiger partial charge is 0.359 e. The molecule has 0 atom stereocenters. The highest BCUT2D eigenvalue weighted by Crippen LogP contribution is 2.26. The minimum atomic E-state index is -1.23. The molecule has 1 aromatic carbocycles. The van der Waals surface area contributed by atoms with Crippen molar-refractivity contribution in [1.29, 1.82) is 0 Å². The first-order chi connectivity index (χ1) is 16.2. The van der Waals surface area contributed by atoms with Crippen LogP contribution in [-0.2, 0) is 28.0 Å². The van der Waals surface area contributed by atoms with Crippen LogP contribution in [0.4, 0.5) is 10.2 Å². The molecular formula is C23H28BrClFN5O2Si. The molecule has 3 aromatic rings. The highest BCUT2D eigenvalue weighted by molar-refractivity contribution is 9.08. The standard InChI is InChI=1S/C23H28BrClFN5O2Si/c1-34(2,3)9-8-33-15-31-22(11-21(30-31)18-14-28-27-13-17(18)12-24)29-23(32)7-5-16-4-6-19(25)20(26)10-16/h4,6,10-11,13-14H,5,7-9,12,15H2,1-3H3,(H,29,32). The van der Waals surface area contributed by atoms with Gasteiger partial charge in [0.1, 0.15) is 18.4 Å². The smallest absolute Gasteiger partial charge is 0.225 e. The minimum Gasteiger partial charge on any atom is -0.359 e. The lowest BCUT2D eigenvalue weighted by atomic mass is 10.1. The van der Waals surface area contributed by atoms with Crippen molar-refractivity contribution in [2.24, 2.45) is 0 Å². The normalized spacial score (nSPS) is 11.6. The summed E-state index contributed by atoms with van der Waals surface area (Å²) in [6.07, 6.45) is 3.89. The quantitative estimate of drug-likeness (QED) is 0.177. The summed E-state index contributed by atoms with van der Waals surface area (Å²) in [5.74, 6) is -0.183. The van der Waals surface area contributed by atoms with Crippen LogP contribution in [0.3, 0.4) is 0 Å². The maximum absolute atomic E-state index is 13.7. The van der Waals surface area contributed by atoms with Gasteiger partial charge in [0.15, 0.2) is 0 Å². The van der Waals surface area contributed by atoms with Gasteiger partial charge in [0, 0.05) is 38.1 Å². The van der Waals surface area contributed by atoms with Crippen molar-refractivity contribution >= 4 is 47.3 Å². The monoisotopic (exact) mass is 567 g/mol. The number of ether oxygens (including phenoxy) is 1. The van der Waals surface area contributed by atoms with Crippen LogP contribution in [0.1, 0.15) is 17.5 Å². The van der Waals surface area contributed by atoms with Crippen molar-refractivity contribution in [3.05, 3.63) is 58.6 Å². The average Bonchev–Trinajstić information content (AvgIpc) is 3.19. The molecule has 1 N–H and O–H groups in total. The van der Waals surface area contributed by atoms with Gasteiger partial charge in [-0.25, -0.2) is 9.07 Å². The van der Waals surface area contributed by atoms with E-state index in [1.165, 1.54) is 12.1 Å². The fourth-order valence-electron chi connectivity index (χ4n) is 3.12. The molecule has 0 aliphatic heterocycles. The Bertz CT molecular complexity index is 1140. The lowest BCUT2D eigenvalue weighted by Gasteiger charge is -2.16. The molecule has 0 radical (unpaired) electrons. The number of hydrogen-bond acceptors (Lipinski definition) is 5. The molecule has 0 aliphatic carbocycles. The maximum atomic E-state index is 13.7. The van der Waals surface area contributed by atoms with E-state index in [2.05, 4.69) is 56.2 Å². The Kier molecular flexibility index (Phi) is 9.35. The SMILES string of the molecule is C[Si](C)(C)CCOCn1nc(-c2cnncc2CBr)cc1NC(=O)CCc1ccc(Cl)c(F)c1. The van der Waals surface area contributed by atoms with E-state index in [4.69, 9.17) is 16.3 Å². The number of rotatable bonds is 11. The van der Waals surface area contributed by atoms with Crippen LogP contribution in [0.25, 0.3) is 11.3 Å². The van der Waals surface area contributed by atoms with E-state index in [9.17, 15) is 9.18 Å². The summed E-state index contributed by atoms with van der Waals surface area (Å²) in [4.78, 5) is 12.7. The lowest BCUT2D eigenvalue weighted by molar-refractivity contribution is -0.116. The molecule has 2 heterocycles. The minimum absolute atomic E-state index is 0.0622. The van der Waals surface area contributed by atoms with Gasteiger partial charge in [-0.15, -0.1) is 0 Å².